The van der Waals surface area contributed by atoms with Crippen molar-refractivity contribution in [2.75, 3.05) is 18.5 Å². The minimum absolute atomic E-state index is 0.0252. The topological polar surface area (TPSA) is 77.5 Å². The number of anilines is 1. The lowest BCUT2D eigenvalue weighted by Gasteiger charge is -2.18. The third-order valence-corrected chi connectivity index (χ3v) is 3.58. The van der Waals surface area contributed by atoms with Gasteiger partial charge >= 0.3 is 6.09 Å². The highest BCUT2D eigenvalue weighted by molar-refractivity contribution is 7.17. The quantitative estimate of drug-likeness (QED) is 0.868. The molecule has 1 amide bonds. The van der Waals surface area contributed by atoms with Gasteiger partial charge in [-0.15, -0.1) is 0 Å². The highest BCUT2D eigenvalue weighted by Gasteiger charge is 2.26. The van der Waals surface area contributed by atoms with Crippen LogP contribution in [0.1, 0.15) is 36.9 Å². The van der Waals surface area contributed by atoms with E-state index in [4.69, 9.17) is 9.47 Å². The number of thiazole rings is 1. The summed E-state index contributed by atoms with van der Waals surface area (Å²) in [6.45, 7) is 6.43. The van der Waals surface area contributed by atoms with E-state index < -0.39 is 11.7 Å². The van der Waals surface area contributed by atoms with Crippen LogP contribution in [0, 0.1) is 5.92 Å². The van der Waals surface area contributed by atoms with Crippen molar-refractivity contribution in [1.82, 2.24) is 4.98 Å². The van der Waals surface area contributed by atoms with Crippen molar-refractivity contribution >= 4 is 28.3 Å². The van der Waals surface area contributed by atoms with Crippen LogP contribution < -0.4 is 5.32 Å². The van der Waals surface area contributed by atoms with Gasteiger partial charge < -0.3 is 9.47 Å². The molecule has 0 saturated carbocycles. The molecular weight excluding hydrogens is 280 g/mol. The van der Waals surface area contributed by atoms with Gasteiger partial charge in [0.15, 0.2) is 10.9 Å². The molecule has 110 valence electrons. The summed E-state index contributed by atoms with van der Waals surface area (Å²) < 4.78 is 10.3. The molecule has 1 N–H and O–H groups in total. The first-order valence-corrected chi connectivity index (χ1v) is 7.24. The molecule has 0 radical (unpaired) electrons. The molecule has 7 heteroatoms. The Balaban J connectivity index is 1.95. The molecule has 2 rings (SSSR count). The van der Waals surface area contributed by atoms with E-state index in [2.05, 4.69) is 10.3 Å². The van der Waals surface area contributed by atoms with E-state index in [-0.39, 0.29) is 11.7 Å². The molecule has 1 fully saturated rings. The zero-order valence-corrected chi connectivity index (χ0v) is 12.6. The monoisotopic (exact) mass is 298 g/mol. The van der Waals surface area contributed by atoms with Crippen molar-refractivity contribution in [2.45, 2.75) is 32.8 Å². The standard InChI is InChI=1S/C13H18N2O4S/c1-13(2,3)19-12(17)15-11-14-6-9(20-11)10(16)8-4-5-18-7-8/h6,8H,4-5,7H2,1-3H3,(H,14,15,17). The van der Waals surface area contributed by atoms with Gasteiger partial charge in [0.25, 0.3) is 0 Å². The van der Waals surface area contributed by atoms with Crippen LogP contribution in [-0.4, -0.2) is 35.7 Å². The molecular formula is C13H18N2O4S. The second-order valence-corrected chi connectivity index (χ2v) is 6.61. The summed E-state index contributed by atoms with van der Waals surface area (Å²) in [5.41, 5.74) is -0.568. The van der Waals surface area contributed by atoms with Gasteiger partial charge in [-0.2, -0.15) is 0 Å². The SMILES string of the molecule is CC(C)(C)OC(=O)Nc1ncc(C(=O)C2CCOC2)s1. The molecule has 1 aromatic heterocycles. The number of carbonyl (C=O) groups is 2. The number of nitrogens with zero attached hydrogens (tertiary/aromatic N) is 1. The highest BCUT2D eigenvalue weighted by Crippen LogP contribution is 2.25. The zero-order chi connectivity index (χ0) is 14.8. The average molecular weight is 298 g/mol. The fourth-order valence-corrected chi connectivity index (χ4v) is 2.60. The van der Waals surface area contributed by atoms with Gasteiger partial charge in [0, 0.05) is 12.5 Å². The summed E-state index contributed by atoms with van der Waals surface area (Å²) in [4.78, 5) is 28.3. The summed E-state index contributed by atoms with van der Waals surface area (Å²) in [6.07, 6.45) is 1.65. The number of hydrogen-bond acceptors (Lipinski definition) is 6. The Labute approximate surface area is 121 Å². The number of rotatable bonds is 3. The smallest absolute Gasteiger partial charge is 0.413 e. The van der Waals surface area contributed by atoms with Crippen LogP contribution >= 0.6 is 11.3 Å². The lowest BCUT2D eigenvalue weighted by atomic mass is 10.0. The van der Waals surface area contributed by atoms with Crippen molar-refractivity contribution in [1.29, 1.82) is 0 Å². The van der Waals surface area contributed by atoms with Crippen molar-refractivity contribution < 1.29 is 19.1 Å². The molecule has 1 aliphatic rings. The number of carbonyl (C=O) groups excluding carboxylic acids is 2. The minimum atomic E-state index is -0.574. The molecule has 1 aliphatic heterocycles. The molecule has 0 aromatic carbocycles. The molecule has 0 aliphatic carbocycles. The first-order valence-electron chi connectivity index (χ1n) is 6.43. The molecule has 0 spiro atoms. The first kappa shape index (κ1) is 14.9. The Bertz CT molecular complexity index is 501. The zero-order valence-electron chi connectivity index (χ0n) is 11.8. The van der Waals surface area contributed by atoms with Crippen LogP contribution in [0.2, 0.25) is 0 Å². The van der Waals surface area contributed by atoms with Crippen molar-refractivity contribution in [3.05, 3.63) is 11.1 Å². The number of amides is 1. The summed E-state index contributed by atoms with van der Waals surface area (Å²) in [6, 6.07) is 0. The van der Waals surface area contributed by atoms with E-state index in [1.54, 1.807) is 20.8 Å². The van der Waals surface area contributed by atoms with Gasteiger partial charge in [0.1, 0.15) is 5.60 Å². The normalized spacial score (nSPS) is 18.9. The van der Waals surface area contributed by atoms with Crippen LogP contribution in [-0.2, 0) is 9.47 Å². The summed E-state index contributed by atoms with van der Waals surface area (Å²) in [7, 11) is 0. The molecule has 0 bridgehead atoms. The first-order chi connectivity index (χ1) is 9.35. The molecule has 1 saturated heterocycles. The van der Waals surface area contributed by atoms with E-state index in [0.717, 1.165) is 17.8 Å². The van der Waals surface area contributed by atoms with Crippen LogP contribution in [0.25, 0.3) is 0 Å². The van der Waals surface area contributed by atoms with Crippen LogP contribution in [0.4, 0.5) is 9.93 Å². The van der Waals surface area contributed by atoms with Crippen LogP contribution in [0.3, 0.4) is 0 Å². The highest BCUT2D eigenvalue weighted by atomic mass is 32.1. The Morgan fingerprint density at radius 2 is 2.25 bits per heavy atom. The van der Waals surface area contributed by atoms with Gasteiger partial charge in [-0.25, -0.2) is 9.78 Å². The predicted molar refractivity (Wildman–Crippen MR) is 75.2 cm³/mol. The minimum Gasteiger partial charge on any atom is -0.444 e. The van der Waals surface area contributed by atoms with Gasteiger partial charge in [0.2, 0.25) is 0 Å². The summed E-state index contributed by atoms with van der Waals surface area (Å²) in [5.74, 6) is -0.0675. The van der Waals surface area contributed by atoms with E-state index in [9.17, 15) is 9.59 Å². The van der Waals surface area contributed by atoms with Crippen molar-refractivity contribution in [2.24, 2.45) is 5.92 Å². The van der Waals surface area contributed by atoms with Crippen molar-refractivity contribution in [3.8, 4) is 0 Å². The molecule has 2 heterocycles. The molecule has 1 atom stereocenters. The Morgan fingerprint density at radius 3 is 2.85 bits per heavy atom. The number of aromatic nitrogens is 1. The summed E-state index contributed by atoms with van der Waals surface area (Å²) >= 11 is 1.15. The lowest BCUT2D eigenvalue weighted by molar-refractivity contribution is 0.0635. The predicted octanol–water partition coefficient (Wildman–Crippen LogP) is 2.71. The maximum absolute atomic E-state index is 12.1. The molecule has 6 nitrogen and oxygen atoms in total. The number of nitrogens with one attached hydrogen (secondary N) is 1. The second-order valence-electron chi connectivity index (χ2n) is 5.58. The number of ether oxygens (including phenoxy) is 2. The van der Waals surface area contributed by atoms with E-state index in [1.165, 1.54) is 6.20 Å². The maximum atomic E-state index is 12.1. The molecule has 20 heavy (non-hydrogen) atoms. The van der Waals surface area contributed by atoms with Gasteiger partial charge in [-0.3, -0.25) is 10.1 Å². The van der Waals surface area contributed by atoms with Crippen LogP contribution in [0.15, 0.2) is 6.20 Å². The fraction of sp³-hybridized carbons (Fsp3) is 0.615. The fourth-order valence-electron chi connectivity index (χ4n) is 1.78. The Hall–Kier alpha value is -1.47. The average Bonchev–Trinajstić information content (AvgIpc) is 2.95. The third-order valence-electron chi connectivity index (χ3n) is 2.66. The van der Waals surface area contributed by atoms with E-state index >= 15 is 0 Å². The lowest BCUT2D eigenvalue weighted by Crippen LogP contribution is -2.27. The molecule has 1 unspecified atom stereocenters. The maximum Gasteiger partial charge on any atom is 0.413 e. The van der Waals surface area contributed by atoms with Gasteiger partial charge in [-0.05, 0) is 27.2 Å². The van der Waals surface area contributed by atoms with Gasteiger partial charge in [0.05, 0.1) is 17.7 Å². The molecule has 1 aromatic rings. The third kappa shape index (κ3) is 4.01. The van der Waals surface area contributed by atoms with Crippen molar-refractivity contribution in [3.63, 3.8) is 0 Å². The van der Waals surface area contributed by atoms with E-state index in [0.29, 0.717) is 23.2 Å². The van der Waals surface area contributed by atoms with Gasteiger partial charge in [-0.1, -0.05) is 11.3 Å². The second kappa shape index (κ2) is 5.88. The summed E-state index contributed by atoms with van der Waals surface area (Å²) in [5, 5.41) is 2.89. The largest absolute Gasteiger partial charge is 0.444 e. The van der Waals surface area contributed by atoms with Crippen LogP contribution in [0.5, 0.6) is 0 Å². The Morgan fingerprint density at radius 1 is 1.50 bits per heavy atom. The Kier molecular flexibility index (Phi) is 4.39. The number of ketones is 1. The van der Waals surface area contributed by atoms with E-state index in [1.807, 2.05) is 0 Å². The number of hydrogen-bond donors (Lipinski definition) is 1. The number of Topliss-reactive ketones (excluding diaryl/α,β-unsaturated/α-hetero) is 1.